The van der Waals surface area contributed by atoms with Gasteiger partial charge in [0.15, 0.2) is 0 Å². The fourth-order valence-electron chi connectivity index (χ4n) is 2.82. The van der Waals surface area contributed by atoms with Gasteiger partial charge in [0, 0.05) is 6.54 Å². The van der Waals surface area contributed by atoms with E-state index in [-0.39, 0.29) is 18.4 Å². The molecule has 0 saturated carbocycles. The number of rotatable bonds is 4. The fraction of sp³-hybridized carbons (Fsp3) is 0.846. The Bertz CT molecular complexity index is 336. The Hall–Kier alpha value is -0.710. The average Bonchev–Trinajstić information content (AvgIpc) is 2.86. The molecule has 1 unspecified atom stereocenters. The van der Waals surface area contributed by atoms with E-state index >= 15 is 0 Å². The summed E-state index contributed by atoms with van der Waals surface area (Å²) in [5.74, 6) is 2.98. The van der Waals surface area contributed by atoms with Gasteiger partial charge in [0.1, 0.15) is 5.54 Å². The summed E-state index contributed by atoms with van der Waals surface area (Å²) in [5, 5.41) is 2.90. The van der Waals surface area contributed by atoms with Gasteiger partial charge in [-0.2, -0.15) is 11.8 Å². The van der Waals surface area contributed by atoms with Crippen LogP contribution in [0.1, 0.15) is 33.1 Å². The van der Waals surface area contributed by atoms with Gasteiger partial charge in [0.05, 0.1) is 6.54 Å². The second-order valence-electron chi connectivity index (χ2n) is 5.25. The number of nitrogens with one attached hydrogen (secondary N) is 1. The molecule has 0 aromatic heterocycles. The molecule has 0 radical (unpaired) electrons. The van der Waals surface area contributed by atoms with E-state index in [0.29, 0.717) is 18.8 Å². The molecule has 18 heavy (non-hydrogen) atoms. The second-order valence-corrected chi connectivity index (χ2v) is 6.40. The van der Waals surface area contributed by atoms with Crippen LogP contribution in [0.5, 0.6) is 0 Å². The molecule has 2 amide bonds. The maximum absolute atomic E-state index is 12.5. The highest BCUT2D eigenvalue weighted by Crippen LogP contribution is 2.27. The van der Waals surface area contributed by atoms with Gasteiger partial charge in [0.2, 0.25) is 11.8 Å². The van der Waals surface area contributed by atoms with Crippen LogP contribution < -0.4 is 5.32 Å². The Kier molecular flexibility index (Phi) is 4.20. The minimum absolute atomic E-state index is 0.0102. The summed E-state index contributed by atoms with van der Waals surface area (Å²) in [7, 11) is 0. The van der Waals surface area contributed by atoms with Crippen molar-refractivity contribution in [1.82, 2.24) is 10.2 Å². The van der Waals surface area contributed by atoms with Crippen molar-refractivity contribution in [3.63, 3.8) is 0 Å². The lowest BCUT2D eigenvalue weighted by molar-refractivity contribution is -0.150. The van der Waals surface area contributed by atoms with Crippen LogP contribution in [-0.4, -0.2) is 46.8 Å². The molecule has 102 valence electrons. The van der Waals surface area contributed by atoms with E-state index in [4.69, 9.17) is 0 Å². The van der Waals surface area contributed by atoms with E-state index in [0.717, 1.165) is 12.3 Å². The quantitative estimate of drug-likeness (QED) is 0.836. The van der Waals surface area contributed by atoms with Gasteiger partial charge in [0.25, 0.3) is 0 Å². The third-order valence-corrected chi connectivity index (χ3v) is 5.35. The standard InChI is InChI=1S/C13H22N2O2S/c1-3-13(4-2)12(17)15(8-11(16)14-13)7-10-5-6-18-9-10/h10H,3-9H2,1-2H3,(H,14,16). The first-order chi connectivity index (χ1) is 8.61. The van der Waals surface area contributed by atoms with Crippen molar-refractivity contribution in [2.45, 2.75) is 38.6 Å². The van der Waals surface area contributed by atoms with Crippen LogP contribution in [0, 0.1) is 5.92 Å². The predicted octanol–water partition coefficient (Wildman–Crippen LogP) is 1.26. The lowest BCUT2D eigenvalue weighted by Gasteiger charge is -2.41. The SMILES string of the molecule is CCC1(CC)NC(=O)CN(CC2CCSC2)C1=O. The van der Waals surface area contributed by atoms with Crippen LogP contribution >= 0.6 is 11.8 Å². The smallest absolute Gasteiger partial charge is 0.248 e. The number of carbonyl (C=O) groups is 2. The van der Waals surface area contributed by atoms with Crippen LogP contribution in [0.25, 0.3) is 0 Å². The molecule has 0 bridgehead atoms. The molecular weight excluding hydrogens is 248 g/mol. The molecule has 1 atom stereocenters. The van der Waals surface area contributed by atoms with E-state index in [1.165, 1.54) is 12.2 Å². The average molecular weight is 270 g/mol. The van der Waals surface area contributed by atoms with Crippen molar-refractivity contribution in [3.8, 4) is 0 Å². The van der Waals surface area contributed by atoms with E-state index < -0.39 is 5.54 Å². The molecule has 0 spiro atoms. The number of hydrogen-bond donors (Lipinski definition) is 1. The third-order valence-electron chi connectivity index (χ3n) is 4.12. The molecule has 1 N–H and O–H groups in total. The number of carbonyl (C=O) groups excluding carboxylic acids is 2. The summed E-state index contributed by atoms with van der Waals surface area (Å²) in [6, 6.07) is 0. The summed E-state index contributed by atoms with van der Waals surface area (Å²) in [6.45, 7) is 4.93. The van der Waals surface area contributed by atoms with E-state index in [2.05, 4.69) is 5.32 Å². The van der Waals surface area contributed by atoms with Crippen LogP contribution in [0.4, 0.5) is 0 Å². The van der Waals surface area contributed by atoms with Crippen LogP contribution in [0.15, 0.2) is 0 Å². The molecular formula is C13H22N2O2S. The van der Waals surface area contributed by atoms with Crippen molar-refractivity contribution in [1.29, 1.82) is 0 Å². The molecule has 2 aliphatic heterocycles. The molecule has 2 rings (SSSR count). The van der Waals surface area contributed by atoms with Crippen LogP contribution in [0.2, 0.25) is 0 Å². The molecule has 2 fully saturated rings. The van der Waals surface area contributed by atoms with Crippen molar-refractivity contribution in [2.24, 2.45) is 5.92 Å². The number of nitrogens with zero attached hydrogens (tertiary/aromatic N) is 1. The van der Waals surface area contributed by atoms with Gasteiger partial charge < -0.3 is 10.2 Å². The molecule has 0 aromatic rings. The van der Waals surface area contributed by atoms with Crippen molar-refractivity contribution >= 4 is 23.6 Å². The topological polar surface area (TPSA) is 49.4 Å². The molecule has 2 aliphatic rings. The Morgan fingerprint density at radius 2 is 2.11 bits per heavy atom. The van der Waals surface area contributed by atoms with Crippen molar-refractivity contribution in [3.05, 3.63) is 0 Å². The first-order valence-corrected chi connectivity index (χ1v) is 7.95. The van der Waals surface area contributed by atoms with Gasteiger partial charge in [-0.05, 0) is 36.7 Å². The lowest BCUT2D eigenvalue weighted by Crippen LogP contribution is -2.66. The largest absolute Gasteiger partial charge is 0.340 e. The molecule has 0 aliphatic carbocycles. The molecule has 2 heterocycles. The summed E-state index contributed by atoms with van der Waals surface area (Å²) in [4.78, 5) is 26.1. The normalized spacial score (nSPS) is 27.4. The number of thioether (sulfide) groups is 1. The van der Waals surface area contributed by atoms with Crippen molar-refractivity contribution < 1.29 is 9.59 Å². The summed E-state index contributed by atoms with van der Waals surface area (Å²) < 4.78 is 0. The first-order valence-electron chi connectivity index (χ1n) is 6.79. The highest BCUT2D eigenvalue weighted by atomic mass is 32.2. The maximum atomic E-state index is 12.5. The molecule has 0 aromatic carbocycles. The van der Waals surface area contributed by atoms with Gasteiger partial charge in [-0.3, -0.25) is 9.59 Å². The van der Waals surface area contributed by atoms with E-state index in [1.807, 2.05) is 25.6 Å². The van der Waals surface area contributed by atoms with Crippen LogP contribution in [-0.2, 0) is 9.59 Å². The fourth-order valence-corrected chi connectivity index (χ4v) is 4.10. The van der Waals surface area contributed by atoms with Gasteiger partial charge >= 0.3 is 0 Å². The monoisotopic (exact) mass is 270 g/mol. The first kappa shape index (κ1) is 13.7. The van der Waals surface area contributed by atoms with Crippen LogP contribution in [0.3, 0.4) is 0 Å². The molecule has 2 saturated heterocycles. The zero-order valence-corrected chi connectivity index (χ0v) is 12.0. The maximum Gasteiger partial charge on any atom is 0.248 e. The van der Waals surface area contributed by atoms with Gasteiger partial charge in [-0.25, -0.2) is 0 Å². The highest BCUT2D eigenvalue weighted by molar-refractivity contribution is 7.99. The predicted molar refractivity (Wildman–Crippen MR) is 73.5 cm³/mol. The summed E-state index contributed by atoms with van der Waals surface area (Å²) >= 11 is 1.95. The second kappa shape index (κ2) is 5.51. The molecule has 5 heteroatoms. The van der Waals surface area contributed by atoms with Crippen molar-refractivity contribution in [2.75, 3.05) is 24.6 Å². The zero-order valence-electron chi connectivity index (χ0n) is 11.2. The van der Waals surface area contributed by atoms with E-state index in [1.54, 1.807) is 4.90 Å². The highest BCUT2D eigenvalue weighted by Gasteiger charge is 2.44. The van der Waals surface area contributed by atoms with Gasteiger partial charge in [-0.1, -0.05) is 13.8 Å². The number of piperazine rings is 1. The lowest BCUT2D eigenvalue weighted by atomic mass is 9.88. The Morgan fingerprint density at radius 1 is 1.39 bits per heavy atom. The zero-order chi connectivity index (χ0) is 13.2. The Balaban J connectivity index is 2.09. The minimum Gasteiger partial charge on any atom is -0.340 e. The Morgan fingerprint density at radius 3 is 2.67 bits per heavy atom. The minimum atomic E-state index is -0.652. The number of amides is 2. The van der Waals surface area contributed by atoms with E-state index in [9.17, 15) is 9.59 Å². The van der Waals surface area contributed by atoms with Gasteiger partial charge in [-0.15, -0.1) is 0 Å². The third kappa shape index (κ3) is 2.51. The Labute approximate surface area is 113 Å². The summed E-state index contributed by atoms with van der Waals surface area (Å²) in [6.07, 6.45) is 2.51. The number of hydrogen-bond acceptors (Lipinski definition) is 3. The molecule has 4 nitrogen and oxygen atoms in total. The summed E-state index contributed by atoms with van der Waals surface area (Å²) in [5.41, 5.74) is -0.652.